The summed E-state index contributed by atoms with van der Waals surface area (Å²) in [7, 11) is 0. The second kappa shape index (κ2) is 14.7. The number of hydrogen-bond donors (Lipinski definition) is 2. The van der Waals surface area contributed by atoms with Gasteiger partial charge in [-0.1, -0.05) is 60.8 Å². The lowest BCUT2D eigenvalue weighted by Crippen LogP contribution is -2.46. The van der Waals surface area contributed by atoms with E-state index >= 15 is 0 Å². The molecule has 2 fully saturated rings. The Morgan fingerprint density at radius 1 is 1.00 bits per heavy atom. The number of fused-ring (bicyclic) bond motifs is 1. The van der Waals surface area contributed by atoms with Crippen molar-refractivity contribution >= 4 is 23.1 Å². The van der Waals surface area contributed by atoms with Gasteiger partial charge in [0.2, 0.25) is 5.96 Å². The molecule has 4 aliphatic rings. The van der Waals surface area contributed by atoms with Gasteiger partial charge in [-0.3, -0.25) is 4.99 Å². The summed E-state index contributed by atoms with van der Waals surface area (Å²) >= 11 is 0. The first-order valence-corrected chi connectivity index (χ1v) is 13.6. The van der Waals surface area contributed by atoms with E-state index in [9.17, 15) is 4.39 Å². The van der Waals surface area contributed by atoms with Gasteiger partial charge in [-0.15, -0.1) is 0 Å². The zero-order chi connectivity index (χ0) is 27.5. The summed E-state index contributed by atoms with van der Waals surface area (Å²) in [6.45, 7) is 26.2. The van der Waals surface area contributed by atoms with Gasteiger partial charge < -0.3 is 16.0 Å². The number of aryl methyl sites for hydroxylation is 1. The molecule has 36 heavy (non-hydrogen) atoms. The van der Waals surface area contributed by atoms with Crippen molar-refractivity contribution in [1.82, 2.24) is 10.2 Å². The zero-order valence-corrected chi connectivity index (χ0v) is 23.9. The maximum Gasteiger partial charge on any atom is 0.203 e. The van der Waals surface area contributed by atoms with E-state index in [1.54, 1.807) is 6.92 Å². The van der Waals surface area contributed by atoms with Gasteiger partial charge in [0, 0.05) is 42.2 Å². The number of nitrogens with one attached hydrogen (secondary N) is 1. The van der Waals surface area contributed by atoms with Crippen LogP contribution in [0.2, 0.25) is 0 Å². The minimum Gasteiger partial charge on any atom is -0.342 e. The number of likely N-dealkylation sites (tertiary alicyclic amines) is 1. The lowest BCUT2D eigenvalue weighted by atomic mass is 9.94. The van der Waals surface area contributed by atoms with Gasteiger partial charge in [-0.2, -0.15) is 0 Å². The number of nitrogens with two attached hydrogens (primary N) is 1. The van der Waals surface area contributed by atoms with Gasteiger partial charge in [0.15, 0.2) is 0 Å². The minimum atomic E-state index is -0.317. The molecule has 1 saturated carbocycles. The third kappa shape index (κ3) is 7.63. The Morgan fingerprint density at radius 2 is 1.58 bits per heavy atom. The Labute approximate surface area is 219 Å². The summed E-state index contributed by atoms with van der Waals surface area (Å²) in [4.78, 5) is 10.9. The third-order valence-electron chi connectivity index (χ3n) is 6.54. The Balaban J connectivity index is 0.000000389. The number of piperidine rings is 1. The van der Waals surface area contributed by atoms with Crippen LogP contribution in [-0.4, -0.2) is 29.7 Å². The highest BCUT2D eigenvalue weighted by Gasteiger charge is 2.45. The molecule has 1 aromatic rings. The molecule has 3 N–H and O–H groups in total. The number of benzene rings is 1. The molecule has 5 nitrogen and oxygen atoms in total. The van der Waals surface area contributed by atoms with Gasteiger partial charge in [-0.05, 0) is 62.1 Å². The van der Waals surface area contributed by atoms with Crippen molar-refractivity contribution in [2.75, 3.05) is 13.1 Å². The molecule has 5 rings (SSSR count). The Hall–Kier alpha value is -2.73. The van der Waals surface area contributed by atoms with Crippen LogP contribution in [0.5, 0.6) is 0 Å². The highest BCUT2D eigenvalue weighted by molar-refractivity contribution is 6.03. The van der Waals surface area contributed by atoms with Gasteiger partial charge in [-0.25, -0.2) is 9.38 Å². The molecule has 1 spiro atoms. The standard InChI is InChI=1S/C18H24N4.C6H6FN.3C2H6/c1-12-9-14(11-19)16-15(10-12)13(2)20-17(21-16)22-7-5-18(3-4-18)6-8-22;1-4-5(2)8-3-6(4)7;3*1-2/h9-10H,2-8,11,19H2,1H3,(H,20,21);3H,1H2,2H3;3*1-2H3. The molecule has 1 aliphatic carbocycles. The second-order valence-corrected chi connectivity index (χ2v) is 8.72. The van der Waals surface area contributed by atoms with E-state index < -0.39 is 0 Å². The van der Waals surface area contributed by atoms with Crippen molar-refractivity contribution in [3.8, 4) is 0 Å². The van der Waals surface area contributed by atoms with Crippen molar-refractivity contribution in [3.63, 3.8) is 0 Å². The lowest BCUT2D eigenvalue weighted by molar-refractivity contribution is 0.246. The summed E-state index contributed by atoms with van der Waals surface area (Å²) < 4.78 is 12.2. The Bertz CT molecular complexity index is 969. The topological polar surface area (TPSA) is 66.0 Å². The van der Waals surface area contributed by atoms with Crippen LogP contribution in [0.15, 0.2) is 52.9 Å². The molecule has 0 bridgehead atoms. The molecule has 1 saturated heterocycles. The maximum atomic E-state index is 12.2. The van der Waals surface area contributed by atoms with E-state index in [1.807, 2.05) is 41.5 Å². The fourth-order valence-electron chi connectivity index (χ4n) is 4.21. The average molecular weight is 498 g/mol. The van der Waals surface area contributed by atoms with Crippen molar-refractivity contribution in [1.29, 1.82) is 0 Å². The van der Waals surface area contributed by atoms with Gasteiger partial charge in [0.25, 0.3) is 0 Å². The van der Waals surface area contributed by atoms with Crippen LogP contribution in [0.1, 0.15) is 90.8 Å². The lowest BCUT2D eigenvalue weighted by Gasteiger charge is -2.36. The van der Waals surface area contributed by atoms with Crippen LogP contribution in [-0.2, 0) is 6.54 Å². The average Bonchev–Trinajstić information content (AvgIpc) is 3.62. The van der Waals surface area contributed by atoms with Gasteiger partial charge in [0.1, 0.15) is 5.83 Å². The first-order chi connectivity index (χ1) is 17.3. The van der Waals surface area contributed by atoms with E-state index in [0.717, 1.165) is 41.6 Å². The molecular formula is C30H48FN5. The van der Waals surface area contributed by atoms with Crippen LogP contribution in [0.3, 0.4) is 0 Å². The summed E-state index contributed by atoms with van der Waals surface area (Å²) in [6, 6.07) is 4.27. The van der Waals surface area contributed by atoms with Gasteiger partial charge in [0.05, 0.1) is 11.9 Å². The molecule has 0 unspecified atom stereocenters. The predicted molar refractivity (Wildman–Crippen MR) is 156 cm³/mol. The highest BCUT2D eigenvalue weighted by atomic mass is 19.1. The fraction of sp³-hybridized carbons (Fsp3) is 0.533. The van der Waals surface area contributed by atoms with E-state index in [4.69, 9.17) is 10.7 Å². The molecule has 0 atom stereocenters. The largest absolute Gasteiger partial charge is 0.342 e. The van der Waals surface area contributed by atoms with E-state index in [-0.39, 0.29) is 5.83 Å². The summed E-state index contributed by atoms with van der Waals surface area (Å²) in [5.74, 6) is 0.633. The third-order valence-corrected chi connectivity index (χ3v) is 6.54. The maximum absolute atomic E-state index is 12.2. The smallest absolute Gasteiger partial charge is 0.203 e. The first-order valence-electron chi connectivity index (χ1n) is 13.6. The number of guanidine groups is 1. The van der Waals surface area contributed by atoms with E-state index in [2.05, 4.69) is 47.4 Å². The summed E-state index contributed by atoms with van der Waals surface area (Å²) in [5, 5.41) is 3.41. The zero-order valence-electron chi connectivity index (χ0n) is 23.9. The second-order valence-electron chi connectivity index (χ2n) is 8.72. The molecule has 0 amide bonds. The molecule has 3 aliphatic heterocycles. The SMILES string of the molecule is C=C1C(F)=CN=C1C.C=C1NC(N2CCC3(CC2)CC3)=Nc2c(CN)cc(C)cc21.CC.CC.CC. The van der Waals surface area contributed by atoms with E-state index in [1.165, 1.54) is 37.4 Å². The fourth-order valence-corrected chi connectivity index (χ4v) is 4.21. The Morgan fingerprint density at radius 3 is 2.00 bits per heavy atom. The first kappa shape index (κ1) is 31.3. The quantitative estimate of drug-likeness (QED) is 0.416. The highest BCUT2D eigenvalue weighted by Crippen LogP contribution is 2.53. The molecule has 3 heterocycles. The van der Waals surface area contributed by atoms with Crippen LogP contribution >= 0.6 is 0 Å². The number of hydrogen-bond acceptors (Lipinski definition) is 5. The number of allylic oxidation sites excluding steroid dienone is 2. The predicted octanol–water partition coefficient (Wildman–Crippen LogP) is 7.80. The molecule has 200 valence electrons. The molecule has 6 heteroatoms. The summed E-state index contributed by atoms with van der Waals surface area (Å²) in [6.07, 6.45) is 6.62. The number of nitrogens with zero attached hydrogens (tertiary/aromatic N) is 3. The number of halogens is 1. The van der Waals surface area contributed by atoms with Crippen LogP contribution in [0, 0.1) is 12.3 Å². The monoisotopic (exact) mass is 497 g/mol. The number of rotatable bonds is 1. The molecule has 1 aromatic carbocycles. The molecule has 0 aromatic heterocycles. The summed E-state index contributed by atoms with van der Waals surface area (Å²) in [5.41, 5.74) is 13.0. The number of aliphatic imine (C=N–C) groups is 2. The normalized spacial score (nSPS) is 18.2. The van der Waals surface area contributed by atoms with Gasteiger partial charge >= 0.3 is 0 Å². The van der Waals surface area contributed by atoms with Crippen molar-refractivity contribution in [2.24, 2.45) is 21.1 Å². The molecular weight excluding hydrogens is 449 g/mol. The van der Waals surface area contributed by atoms with Crippen molar-refractivity contribution < 1.29 is 4.39 Å². The van der Waals surface area contributed by atoms with Crippen LogP contribution in [0.4, 0.5) is 10.1 Å². The molecule has 0 radical (unpaired) electrons. The minimum absolute atomic E-state index is 0.317. The van der Waals surface area contributed by atoms with Crippen LogP contribution < -0.4 is 11.1 Å². The Kier molecular flexibility index (Phi) is 12.8. The van der Waals surface area contributed by atoms with Crippen molar-refractivity contribution in [3.05, 3.63) is 59.6 Å². The van der Waals surface area contributed by atoms with Crippen LogP contribution in [0.25, 0.3) is 5.70 Å². The van der Waals surface area contributed by atoms with E-state index in [0.29, 0.717) is 23.2 Å². The van der Waals surface area contributed by atoms with Crippen molar-refractivity contribution in [2.45, 2.75) is 87.6 Å².